The highest BCUT2D eigenvalue weighted by Gasteiger charge is 2.01. The number of anilines is 1. The summed E-state index contributed by atoms with van der Waals surface area (Å²) in [6.07, 6.45) is 3.04. The van der Waals surface area contributed by atoms with Crippen molar-refractivity contribution in [2.24, 2.45) is 10.3 Å². The van der Waals surface area contributed by atoms with E-state index in [4.69, 9.17) is 5.11 Å². The van der Waals surface area contributed by atoms with Gasteiger partial charge in [-0.1, -0.05) is 22.5 Å². The van der Waals surface area contributed by atoms with E-state index >= 15 is 0 Å². The number of aromatic nitrogens is 4. The van der Waals surface area contributed by atoms with Crippen LogP contribution in [0.5, 0.6) is 0 Å². The second-order valence-corrected chi connectivity index (χ2v) is 3.99. The van der Waals surface area contributed by atoms with Gasteiger partial charge in [-0.3, -0.25) is 5.43 Å². The van der Waals surface area contributed by atoms with E-state index in [1.807, 2.05) is 0 Å². The summed E-state index contributed by atoms with van der Waals surface area (Å²) in [5.74, 6) is 0.347. The fraction of sp³-hybridized carbons (Fsp3) is 0.0833. The van der Waals surface area contributed by atoms with Gasteiger partial charge in [0.05, 0.1) is 18.5 Å². The number of hydrogen-bond donors (Lipinski definition) is 3. The van der Waals surface area contributed by atoms with Crippen molar-refractivity contribution in [2.75, 3.05) is 5.43 Å². The van der Waals surface area contributed by atoms with Gasteiger partial charge in [-0.05, 0) is 17.7 Å². The second-order valence-electron chi connectivity index (χ2n) is 3.99. The number of aromatic amines is 1. The van der Waals surface area contributed by atoms with Gasteiger partial charge in [0.2, 0.25) is 0 Å². The van der Waals surface area contributed by atoms with Crippen molar-refractivity contribution in [2.45, 2.75) is 6.61 Å². The van der Waals surface area contributed by atoms with Crippen LogP contribution in [0.2, 0.25) is 0 Å². The summed E-state index contributed by atoms with van der Waals surface area (Å²) in [5, 5.41) is 16.7. The maximum absolute atomic E-state index is 8.94. The first-order valence-electron chi connectivity index (χ1n) is 5.87. The van der Waals surface area contributed by atoms with Crippen LogP contribution in [0.1, 0.15) is 5.56 Å². The Balaban J connectivity index is 1.70. The zero-order chi connectivity index (χ0) is 13.8. The van der Waals surface area contributed by atoms with Gasteiger partial charge in [-0.25, -0.2) is 9.97 Å². The summed E-state index contributed by atoms with van der Waals surface area (Å²) in [4.78, 5) is 14.9. The minimum Gasteiger partial charge on any atom is -0.392 e. The monoisotopic (exact) mass is 269 g/mol. The lowest BCUT2D eigenvalue weighted by atomic mass is 10.2. The molecule has 20 heavy (non-hydrogen) atoms. The molecule has 0 radical (unpaired) electrons. The Morgan fingerprint density at radius 2 is 2.10 bits per heavy atom. The van der Waals surface area contributed by atoms with Crippen LogP contribution in [0.4, 0.5) is 11.6 Å². The molecule has 1 aromatic carbocycles. The Morgan fingerprint density at radius 1 is 1.25 bits per heavy atom. The molecule has 3 N–H and O–H groups in total. The fourth-order valence-electron chi connectivity index (χ4n) is 1.61. The number of hydrogen-bond acceptors (Lipinski definition) is 6. The van der Waals surface area contributed by atoms with E-state index in [9.17, 15) is 0 Å². The highest BCUT2D eigenvalue weighted by atomic mass is 16.3. The summed E-state index contributed by atoms with van der Waals surface area (Å²) in [6, 6.07) is 7.20. The van der Waals surface area contributed by atoms with Crippen LogP contribution in [0.15, 0.2) is 47.1 Å². The molecule has 0 saturated carbocycles. The maximum atomic E-state index is 8.94. The number of aliphatic hydroxyl groups excluding tert-OH is 1. The van der Waals surface area contributed by atoms with Crippen LogP contribution in [0, 0.1) is 0 Å². The van der Waals surface area contributed by atoms with E-state index < -0.39 is 0 Å². The minimum absolute atomic E-state index is 0.0157. The maximum Gasteiger partial charge on any atom is 0.251 e. The molecule has 8 nitrogen and oxygen atoms in total. The predicted molar refractivity (Wildman–Crippen MR) is 72.2 cm³/mol. The first kappa shape index (κ1) is 12.2. The van der Waals surface area contributed by atoms with E-state index in [1.54, 1.807) is 30.5 Å². The molecule has 100 valence electrons. The largest absolute Gasteiger partial charge is 0.392 e. The zero-order valence-electron chi connectivity index (χ0n) is 10.4. The summed E-state index contributed by atoms with van der Waals surface area (Å²) in [7, 11) is 0. The fourth-order valence-corrected chi connectivity index (χ4v) is 1.61. The van der Waals surface area contributed by atoms with Crippen molar-refractivity contribution in [3.8, 4) is 0 Å². The highest BCUT2D eigenvalue weighted by molar-refractivity contribution is 5.70. The number of imidazole rings is 1. The Kier molecular flexibility index (Phi) is 3.29. The van der Waals surface area contributed by atoms with Crippen LogP contribution in [-0.2, 0) is 6.61 Å². The summed E-state index contributed by atoms with van der Waals surface area (Å²) in [6.45, 7) is 0.0157. The molecule has 0 bridgehead atoms. The third-order valence-electron chi connectivity index (χ3n) is 2.61. The molecule has 2 aromatic heterocycles. The Labute approximate surface area is 113 Å². The molecule has 0 amide bonds. The smallest absolute Gasteiger partial charge is 0.251 e. The number of benzene rings is 1. The standard InChI is InChI=1S/C12H11N7O/c20-6-8-1-3-9(4-2-8)17-19-18-12-15-10-5-13-7-14-11(10)16-12/h1-5,7,20H,6H2,(H2,13,14,15,16,17,18). The molecule has 0 aliphatic carbocycles. The van der Waals surface area contributed by atoms with E-state index in [-0.39, 0.29) is 6.61 Å². The Bertz CT molecular complexity index is 702. The second kappa shape index (κ2) is 5.41. The van der Waals surface area contributed by atoms with Gasteiger partial charge in [0, 0.05) is 0 Å². The molecule has 0 aliphatic heterocycles. The Hall–Kier alpha value is -2.87. The predicted octanol–water partition coefficient (Wildman–Crippen LogP) is 1.96. The van der Waals surface area contributed by atoms with Crippen LogP contribution in [0.25, 0.3) is 11.2 Å². The molecule has 0 saturated heterocycles. The lowest BCUT2D eigenvalue weighted by Gasteiger charge is -1.99. The molecule has 2 heterocycles. The third kappa shape index (κ3) is 2.59. The average Bonchev–Trinajstić information content (AvgIpc) is 2.90. The number of H-pyrrole nitrogens is 1. The molecular weight excluding hydrogens is 258 g/mol. The SMILES string of the molecule is OCc1ccc(N/N=N/c2nc3ncncc3[nH]2)cc1. The van der Waals surface area contributed by atoms with Gasteiger partial charge in [0.1, 0.15) is 11.8 Å². The molecule has 0 spiro atoms. The zero-order valence-corrected chi connectivity index (χ0v) is 10.4. The van der Waals surface area contributed by atoms with Gasteiger partial charge < -0.3 is 10.1 Å². The molecule has 3 aromatic rings. The van der Waals surface area contributed by atoms with Crippen molar-refractivity contribution in [3.63, 3.8) is 0 Å². The van der Waals surface area contributed by atoms with Gasteiger partial charge in [0.15, 0.2) is 5.65 Å². The number of rotatable bonds is 4. The van der Waals surface area contributed by atoms with Gasteiger partial charge in [-0.2, -0.15) is 4.98 Å². The molecular formula is C12H11N7O. The number of nitrogens with one attached hydrogen (secondary N) is 2. The number of nitrogens with zero attached hydrogens (tertiary/aromatic N) is 5. The first-order chi connectivity index (χ1) is 9.85. The van der Waals surface area contributed by atoms with Gasteiger partial charge in [0.25, 0.3) is 5.95 Å². The molecule has 0 atom stereocenters. The first-order valence-corrected chi connectivity index (χ1v) is 5.87. The average molecular weight is 269 g/mol. The highest BCUT2D eigenvalue weighted by Crippen LogP contribution is 2.14. The van der Waals surface area contributed by atoms with Crippen LogP contribution in [-0.4, -0.2) is 25.0 Å². The van der Waals surface area contributed by atoms with Gasteiger partial charge >= 0.3 is 0 Å². The lowest BCUT2D eigenvalue weighted by molar-refractivity contribution is 0.282. The molecule has 3 rings (SSSR count). The van der Waals surface area contributed by atoms with Crippen LogP contribution in [0.3, 0.4) is 0 Å². The van der Waals surface area contributed by atoms with E-state index in [1.165, 1.54) is 6.33 Å². The van der Waals surface area contributed by atoms with Crippen molar-refractivity contribution < 1.29 is 5.11 Å². The summed E-state index contributed by atoms with van der Waals surface area (Å²) in [5.41, 5.74) is 5.62. The van der Waals surface area contributed by atoms with Crippen molar-refractivity contribution in [3.05, 3.63) is 42.4 Å². The summed E-state index contributed by atoms with van der Waals surface area (Å²) < 4.78 is 0. The van der Waals surface area contributed by atoms with E-state index in [0.29, 0.717) is 17.1 Å². The summed E-state index contributed by atoms with van der Waals surface area (Å²) >= 11 is 0. The van der Waals surface area contributed by atoms with Gasteiger partial charge in [-0.15, -0.1) is 0 Å². The Morgan fingerprint density at radius 3 is 2.85 bits per heavy atom. The van der Waals surface area contributed by atoms with E-state index in [2.05, 4.69) is 35.7 Å². The molecule has 0 unspecified atom stereocenters. The molecule has 0 fully saturated rings. The topological polar surface area (TPSA) is 111 Å². The quantitative estimate of drug-likeness (QED) is 0.495. The number of aliphatic hydroxyl groups is 1. The van der Waals surface area contributed by atoms with Crippen molar-refractivity contribution in [1.29, 1.82) is 0 Å². The number of fused-ring (bicyclic) bond motifs is 1. The van der Waals surface area contributed by atoms with Crippen LogP contribution < -0.4 is 5.43 Å². The van der Waals surface area contributed by atoms with E-state index in [0.717, 1.165) is 11.3 Å². The van der Waals surface area contributed by atoms with Crippen molar-refractivity contribution >= 4 is 22.8 Å². The minimum atomic E-state index is 0.0157. The van der Waals surface area contributed by atoms with Crippen LogP contribution >= 0.6 is 0 Å². The van der Waals surface area contributed by atoms with Crippen molar-refractivity contribution in [1.82, 2.24) is 19.9 Å². The normalized spacial score (nSPS) is 11.2. The lowest BCUT2D eigenvalue weighted by Crippen LogP contribution is -1.88. The molecule has 8 heteroatoms. The molecule has 0 aliphatic rings. The third-order valence-corrected chi connectivity index (χ3v) is 2.61.